The molecule has 0 aromatic carbocycles. The molecule has 0 saturated heterocycles. The lowest BCUT2D eigenvalue weighted by molar-refractivity contribution is 0.286. The highest BCUT2D eigenvalue weighted by molar-refractivity contribution is 5.32. The fraction of sp³-hybridized carbons (Fsp3) is 0.692. The fourth-order valence-electron chi connectivity index (χ4n) is 1.42. The molecule has 0 amide bonds. The summed E-state index contributed by atoms with van der Waals surface area (Å²) in [7, 11) is 0. The Bertz CT molecular complexity index is 315. The average molecular weight is 237 g/mol. The van der Waals surface area contributed by atoms with Crippen LogP contribution in [0.2, 0.25) is 0 Å². The number of ether oxygens (including phenoxy) is 1. The minimum atomic E-state index is 0.606. The normalized spacial score (nSPS) is 10.6. The fourth-order valence-corrected chi connectivity index (χ4v) is 1.42. The van der Waals surface area contributed by atoms with Gasteiger partial charge in [-0.2, -0.15) is 4.98 Å². The van der Waals surface area contributed by atoms with Gasteiger partial charge in [0.2, 0.25) is 5.88 Å². The van der Waals surface area contributed by atoms with E-state index in [1.54, 1.807) is 12.4 Å². The van der Waals surface area contributed by atoms with E-state index < -0.39 is 0 Å². The van der Waals surface area contributed by atoms with Gasteiger partial charge in [0, 0.05) is 6.54 Å². The van der Waals surface area contributed by atoms with Gasteiger partial charge in [-0.25, -0.2) is 0 Å². The highest BCUT2D eigenvalue weighted by atomic mass is 16.5. The van der Waals surface area contributed by atoms with Gasteiger partial charge in [0.15, 0.2) is 0 Å². The Morgan fingerprint density at radius 2 is 2.18 bits per heavy atom. The molecule has 0 aliphatic carbocycles. The van der Waals surface area contributed by atoms with E-state index in [1.807, 2.05) is 0 Å². The SMILES string of the molecule is CCCNc1cncc(OCCCC(C)C)n1. The van der Waals surface area contributed by atoms with Crippen LogP contribution in [0.4, 0.5) is 5.82 Å². The van der Waals surface area contributed by atoms with Crippen molar-refractivity contribution >= 4 is 5.82 Å². The second-order valence-electron chi connectivity index (χ2n) is 4.55. The van der Waals surface area contributed by atoms with E-state index in [0.29, 0.717) is 12.5 Å². The van der Waals surface area contributed by atoms with Gasteiger partial charge >= 0.3 is 0 Å². The Morgan fingerprint density at radius 1 is 1.35 bits per heavy atom. The zero-order chi connectivity index (χ0) is 12.5. The first kappa shape index (κ1) is 13.7. The molecule has 0 aliphatic rings. The smallest absolute Gasteiger partial charge is 0.234 e. The van der Waals surface area contributed by atoms with Crippen molar-refractivity contribution in [1.29, 1.82) is 0 Å². The van der Waals surface area contributed by atoms with Crippen molar-refractivity contribution in [3.63, 3.8) is 0 Å². The van der Waals surface area contributed by atoms with Gasteiger partial charge in [-0.1, -0.05) is 20.8 Å². The number of hydrogen-bond donors (Lipinski definition) is 1. The van der Waals surface area contributed by atoms with Crippen LogP contribution in [0.5, 0.6) is 5.88 Å². The van der Waals surface area contributed by atoms with E-state index in [-0.39, 0.29) is 0 Å². The highest BCUT2D eigenvalue weighted by Crippen LogP contribution is 2.10. The topological polar surface area (TPSA) is 47.0 Å². The van der Waals surface area contributed by atoms with Crippen molar-refractivity contribution < 1.29 is 4.74 Å². The quantitative estimate of drug-likeness (QED) is 0.706. The molecule has 1 aromatic rings. The number of anilines is 1. The summed E-state index contributed by atoms with van der Waals surface area (Å²) >= 11 is 0. The van der Waals surface area contributed by atoms with Gasteiger partial charge < -0.3 is 10.1 Å². The van der Waals surface area contributed by atoms with Gasteiger partial charge in [0.05, 0.1) is 19.0 Å². The predicted molar refractivity (Wildman–Crippen MR) is 70.4 cm³/mol. The van der Waals surface area contributed by atoms with E-state index >= 15 is 0 Å². The maximum Gasteiger partial charge on any atom is 0.234 e. The van der Waals surface area contributed by atoms with Crippen molar-refractivity contribution in [2.45, 2.75) is 40.0 Å². The molecule has 0 saturated carbocycles. The molecule has 1 aromatic heterocycles. The molecule has 0 aliphatic heterocycles. The van der Waals surface area contributed by atoms with Crippen LogP contribution in [0.15, 0.2) is 12.4 Å². The first-order valence-corrected chi connectivity index (χ1v) is 6.41. The third-order valence-electron chi connectivity index (χ3n) is 2.34. The molecule has 0 fully saturated rings. The van der Waals surface area contributed by atoms with Crippen molar-refractivity contribution in [1.82, 2.24) is 9.97 Å². The lowest BCUT2D eigenvalue weighted by Gasteiger charge is -2.08. The number of aromatic nitrogens is 2. The number of nitrogens with zero attached hydrogens (tertiary/aromatic N) is 2. The number of rotatable bonds is 8. The maximum absolute atomic E-state index is 5.56. The standard InChI is InChI=1S/C13H23N3O/c1-4-7-15-12-9-14-10-13(16-12)17-8-5-6-11(2)3/h9-11H,4-8H2,1-3H3,(H,15,16). The molecule has 17 heavy (non-hydrogen) atoms. The first-order chi connectivity index (χ1) is 8.22. The summed E-state index contributed by atoms with van der Waals surface area (Å²) < 4.78 is 5.56. The first-order valence-electron chi connectivity index (χ1n) is 6.41. The molecule has 0 atom stereocenters. The third-order valence-corrected chi connectivity index (χ3v) is 2.34. The van der Waals surface area contributed by atoms with Crippen LogP contribution in [-0.4, -0.2) is 23.1 Å². The van der Waals surface area contributed by atoms with Crippen LogP contribution in [0.3, 0.4) is 0 Å². The Hall–Kier alpha value is -1.32. The van der Waals surface area contributed by atoms with Gasteiger partial charge in [0.1, 0.15) is 5.82 Å². The zero-order valence-corrected chi connectivity index (χ0v) is 11.1. The van der Waals surface area contributed by atoms with Gasteiger partial charge in [-0.3, -0.25) is 4.98 Å². The van der Waals surface area contributed by atoms with E-state index in [1.165, 1.54) is 6.42 Å². The summed E-state index contributed by atoms with van der Waals surface area (Å²) in [5.74, 6) is 2.12. The van der Waals surface area contributed by atoms with Gasteiger partial charge in [-0.05, 0) is 25.2 Å². The minimum absolute atomic E-state index is 0.606. The van der Waals surface area contributed by atoms with Crippen LogP contribution in [-0.2, 0) is 0 Å². The van der Waals surface area contributed by atoms with E-state index in [4.69, 9.17) is 4.74 Å². The Kier molecular flexibility index (Phi) is 6.37. The molecule has 0 radical (unpaired) electrons. The summed E-state index contributed by atoms with van der Waals surface area (Å²) in [4.78, 5) is 8.43. The maximum atomic E-state index is 5.56. The van der Waals surface area contributed by atoms with E-state index in [9.17, 15) is 0 Å². The molecular formula is C13H23N3O. The van der Waals surface area contributed by atoms with E-state index in [0.717, 1.165) is 31.1 Å². The van der Waals surface area contributed by atoms with Gasteiger partial charge in [0.25, 0.3) is 0 Å². The predicted octanol–water partition coefficient (Wildman–Crippen LogP) is 3.11. The summed E-state index contributed by atoms with van der Waals surface area (Å²) in [6, 6.07) is 0. The Morgan fingerprint density at radius 3 is 2.88 bits per heavy atom. The lowest BCUT2D eigenvalue weighted by Crippen LogP contribution is -2.05. The summed E-state index contributed by atoms with van der Waals surface area (Å²) in [6.45, 7) is 8.17. The van der Waals surface area contributed by atoms with Gasteiger partial charge in [-0.15, -0.1) is 0 Å². The molecule has 1 heterocycles. The summed E-state index contributed by atoms with van der Waals surface area (Å²) in [5.41, 5.74) is 0. The molecule has 1 rings (SSSR count). The van der Waals surface area contributed by atoms with Crippen molar-refractivity contribution in [3.8, 4) is 5.88 Å². The number of hydrogen-bond acceptors (Lipinski definition) is 4. The second-order valence-corrected chi connectivity index (χ2v) is 4.55. The molecule has 4 heteroatoms. The molecule has 96 valence electrons. The Labute approximate surface area is 104 Å². The average Bonchev–Trinajstić information content (AvgIpc) is 2.32. The monoisotopic (exact) mass is 237 g/mol. The molecule has 0 spiro atoms. The van der Waals surface area contributed by atoms with Crippen molar-refractivity contribution in [2.75, 3.05) is 18.5 Å². The van der Waals surface area contributed by atoms with Crippen LogP contribution in [0.1, 0.15) is 40.0 Å². The third kappa shape index (κ3) is 6.09. The van der Waals surface area contributed by atoms with Crippen LogP contribution < -0.4 is 10.1 Å². The minimum Gasteiger partial charge on any atom is -0.477 e. The van der Waals surface area contributed by atoms with Crippen molar-refractivity contribution in [2.24, 2.45) is 5.92 Å². The molecule has 0 bridgehead atoms. The molecular weight excluding hydrogens is 214 g/mol. The Balaban J connectivity index is 2.32. The van der Waals surface area contributed by atoms with E-state index in [2.05, 4.69) is 36.1 Å². The summed E-state index contributed by atoms with van der Waals surface area (Å²) in [5, 5.41) is 3.19. The highest BCUT2D eigenvalue weighted by Gasteiger charge is 2.00. The molecule has 1 N–H and O–H groups in total. The zero-order valence-electron chi connectivity index (χ0n) is 11.1. The molecule has 0 unspecified atom stereocenters. The van der Waals surface area contributed by atoms with Crippen LogP contribution >= 0.6 is 0 Å². The largest absolute Gasteiger partial charge is 0.477 e. The number of nitrogens with one attached hydrogen (secondary N) is 1. The summed E-state index contributed by atoms with van der Waals surface area (Å²) in [6.07, 6.45) is 6.69. The van der Waals surface area contributed by atoms with Crippen LogP contribution in [0.25, 0.3) is 0 Å². The second kappa shape index (κ2) is 7.87. The van der Waals surface area contributed by atoms with Crippen molar-refractivity contribution in [3.05, 3.63) is 12.4 Å². The molecule has 4 nitrogen and oxygen atoms in total. The van der Waals surface area contributed by atoms with Crippen LogP contribution in [0, 0.1) is 5.92 Å². The lowest BCUT2D eigenvalue weighted by atomic mass is 10.1.